The number of hydrogen-bond acceptors (Lipinski definition) is 5. The molecule has 0 saturated carbocycles. The first kappa shape index (κ1) is 17.4. The maximum atomic E-state index is 12.3. The molecular formula is C22H24N2O4. The number of carbonyl (C=O) groups excluding carboxylic acids is 1. The Morgan fingerprint density at radius 3 is 2.57 bits per heavy atom. The number of ether oxygens (including phenoxy) is 3. The van der Waals surface area contributed by atoms with Gasteiger partial charge in [-0.3, -0.25) is 9.80 Å². The number of nitrogens with zero attached hydrogens (tertiary/aromatic N) is 2. The first-order valence-corrected chi connectivity index (χ1v) is 9.81. The molecule has 0 radical (unpaired) electrons. The molecule has 0 aliphatic carbocycles. The van der Waals surface area contributed by atoms with Crippen LogP contribution >= 0.6 is 0 Å². The van der Waals surface area contributed by atoms with E-state index in [4.69, 9.17) is 14.2 Å². The molecule has 1 unspecified atom stereocenters. The van der Waals surface area contributed by atoms with Crippen LogP contribution in [0.4, 0.5) is 4.79 Å². The van der Waals surface area contributed by atoms with Gasteiger partial charge in [0.25, 0.3) is 0 Å². The molecule has 146 valence electrons. The first-order chi connectivity index (χ1) is 13.7. The fourth-order valence-electron chi connectivity index (χ4n) is 4.50. The van der Waals surface area contributed by atoms with E-state index in [0.717, 1.165) is 37.6 Å². The quantitative estimate of drug-likeness (QED) is 0.816. The second kappa shape index (κ2) is 7.02. The summed E-state index contributed by atoms with van der Waals surface area (Å²) in [6.07, 6.45) is 0.618. The molecule has 5 rings (SSSR count). The lowest BCUT2D eigenvalue weighted by molar-refractivity contribution is 0.0475. The highest BCUT2D eigenvalue weighted by atomic mass is 16.6. The zero-order valence-corrected chi connectivity index (χ0v) is 15.8. The van der Waals surface area contributed by atoms with Crippen molar-refractivity contribution < 1.29 is 19.0 Å². The number of rotatable bonds is 4. The Kier molecular flexibility index (Phi) is 4.36. The van der Waals surface area contributed by atoms with Crippen LogP contribution in [0, 0.1) is 0 Å². The summed E-state index contributed by atoms with van der Waals surface area (Å²) < 4.78 is 16.8. The van der Waals surface area contributed by atoms with Crippen LogP contribution in [-0.2, 0) is 17.7 Å². The summed E-state index contributed by atoms with van der Waals surface area (Å²) in [5.74, 6) is 1.64. The van der Waals surface area contributed by atoms with Crippen LogP contribution in [0.1, 0.15) is 11.1 Å². The molecule has 2 aromatic carbocycles. The van der Waals surface area contributed by atoms with Gasteiger partial charge in [0.05, 0.1) is 5.54 Å². The molecule has 6 heteroatoms. The minimum atomic E-state index is -0.301. The number of hydrogen-bond donors (Lipinski definition) is 0. The van der Waals surface area contributed by atoms with E-state index in [2.05, 4.69) is 29.2 Å². The van der Waals surface area contributed by atoms with Crippen molar-refractivity contribution in [3.63, 3.8) is 0 Å². The van der Waals surface area contributed by atoms with Gasteiger partial charge < -0.3 is 14.2 Å². The highest BCUT2D eigenvalue weighted by Gasteiger charge is 2.50. The standard InChI is InChI=1S/C22H24N2O4/c25-21-24-9-8-23(14-18-6-7-19-20(12-18)27-11-10-26-19)15-22(24,16-28-21)13-17-4-2-1-3-5-17/h1-7,12H,8-11,13-16H2. The number of benzene rings is 2. The molecule has 0 bridgehead atoms. The Morgan fingerprint density at radius 1 is 0.893 bits per heavy atom. The van der Waals surface area contributed by atoms with Gasteiger partial charge in [0.1, 0.15) is 19.8 Å². The van der Waals surface area contributed by atoms with Crippen molar-refractivity contribution >= 4 is 6.09 Å². The minimum Gasteiger partial charge on any atom is -0.486 e. The second-order valence-electron chi connectivity index (χ2n) is 7.78. The fraction of sp³-hybridized carbons (Fsp3) is 0.409. The zero-order chi connectivity index (χ0) is 19.0. The molecule has 0 aromatic heterocycles. The van der Waals surface area contributed by atoms with E-state index in [1.165, 1.54) is 11.1 Å². The van der Waals surface area contributed by atoms with Crippen molar-refractivity contribution in [1.82, 2.24) is 9.80 Å². The Morgan fingerprint density at radius 2 is 1.71 bits per heavy atom. The average molecular weight is 380 g/mol. The highest BCUT2D eigenvalue weighted by molar-refractivity contribution is 5.71. The summed E-state index contributed by atoms with van der Waals surface area (Å²) >= 11 is 0. The highest BCUT2D eigenvalue weighted by Crippen LogP contribution is 2.34. The van der Waals surface area contributed by atoms with Crippen LogP contribution in [0.25, 0.3) is 0 Å². The number of fused-ring (bicyclic) bond motifs is 2. The van der Waals surface area contributed by atoms with Gasteiger partial charge in [-0.1, -0.05) is 36.4 Å². The van der Waals surface area contributed by atoms with E-state index >= 15 is 0 Å². The Hall–Kier alpha value is -2.73. The first-order valence-electron chi connectivity index (χ1n) is 9.81. The van der Waals surface area contributed by atoms with Crippen molar-refractivity contribution in [3.05, 3.63) is 59.7 Å². The number of amides is 1. The average Bonchev–Trinajstić information content (AvgIpc) is 3.04. The lowest BCUT2D eigenvalue weighted by Crippen LogP contribution is -2.62. The monoisotopic (exact) mass is 380 g/mol. The van der Waals surface area contributed by atoms with E-state index in [1.54, 1.807) is 0 Å². The minimum absolute atomic E-state index is 0.185. The maximum absolute atomic E-state index is 12.3. The van der Waals surface area contributed by atoms with E-state index < -0.39 is 0 Å². The molecule has 0 N–H and O–H groups in total. The van der Waals surface area contributed by atoms with Crippen LogP contribution < -0.4 is 9.47 Å². The van der Waals surface area contributed by atoms with Gasteiger partial charge in [-0.25, -0.2) is 4.79 Å². The number of carbonyl (C=O) groups is 1. The topological polar surface area (TPSA) is 51.2 Å². The predicted octanol–water partition coefficient (Wildman–Crippen LogP) is 2.71. The summed E-state index contributed by atoms with van der Waals surface area (Å²) in [6.45, 7) is 4.77. The second-order valence-corrected chi connectivity index (χ2v) is 7.78. The van der Waals surface area contributed by atoms with E-state index in [1.807, 2.05) is 29.2 Å². The largest absolute Gasteiger partial charge is 0.486 e. The Balaban J connectivity index is 1.35. The van der Waals surface area contributed by atoms with Crippen molar-refractivity contribution in [1.29, 1.82) is 0 Å². The molecular weight excluding hydrogens is 356 g/mol. The SMILES string of the molecule is O=C1OCC2(Cc3ccccc3)CN(Cc3ccc4c(c3)OCCO4)CCN12. The van der Waals surface area contributed by atoms with Crippen LogP contribution in [0.5, 0.6) is 11.5 Å². The fourth-order valence-corrected chi connectivity index (χ4v) is 4.50. The van der Waals surface area contributed by atoms with Gasteiger partial charge in [0.2, 0.25) is 0 Å². The third kappa shape index (κ3) is 3.18. The van der Waals surface area contributed by atoms with Gasteiger partial charge in [0.15, 0.2) is 11.5 Å². The summed E-state index contributed by atoms with van der Waals surface area (Å²) in [4.78, 5) is 16.6. The predicted molar refractivity (Wildman–Crippen MR) is 104 cm³/mol. The van der Waals surface area contributed by atoms with Gasteiger partial charge >= 0.3 is 6.09 Å². The molecule has 6 nitrogen and oxygen atoms in total. The van der Waals surface area contributed by atoms with Gasteiger partial charge in [-0.15, -0.1) is 0 Å². The smallest absolute Gasteiger partial charge is 0.410 e. The Labute approximate surface area is 164 Å². The number of piperazine rings is 1. The third-order valence-electron chi connectivity index (χ3n) is 5.80. The van der Waals surface area contributed by atoms with Crippen LogP contribution in [-0.4, -0.2) is 60.9 Å². The van der Waals surface area contributed by atoms with Gasteiger partial charge in [-0.2, -0.15) is 0 Å². The lowest BCUT2D eigenvalue weighted by Gasteiger charge is -2.45. The number of cyclic esters (lactones) is 1. The summed E-state index contributed by atoms with van der Waals surface area (Å²) in [7, 11) is 0. The molecule has 2 saturated heterocycles. The van der Waals surface area contributed by atoms with Crippen molar-refractivity contribution in [2.45, 2.75) is 18.5 Å². The van der Waals surface area contributed by atoms with E-state index in [9.17, 15) is 4.79 Å². The van der Waals surface area contributed by atoms with Crippen molar-refractivity contribution in [2.75, 3.05) is 39.5 Å². The molecule has 0 spiro atoms. The summed E-state index contributed by atoms with van der Waals surface area (Å²) in [5, 5.41) is 0. The van der Waals surface area contributed by atoms with Crippen LogP contribution in [0.3, 0.4) is 0 Å². The molecule has 3 heterocycles. The van der Waals surface area contributed by atoms with Crippen molar-refractivity contribution in [2.24, 2.45) is 0 Å². The van der Waals surface area contributed by atoms with Crippen LogP contribution in [0.2, 0.25) is 0 Å². The summed E-state index contributed by atoms with van der Waals surface area (Å²) in [6, 6.07) is 16.5. The van der Waals surface area contributed by atoms with Gasteiger partial charge in [0, 0.05) is 32.6 Å². The zero-order valence-electron chi connectivity index (χ0n) is 15.8. The van der Waals surface area contributed by atoms with Gasteiger partial charge in [-0.05, 0) is 23.3 Å². The van der Waals surface area contributed by atoms with Crippen molar-refractivity contribution in [3.8, 4) is 11.5 Å². The molecule has 1 atom stereocenters. The summed E-state index contributed by atoms with van der Waals surface area (Å²) in [5.41, 5.74) is 2.12. The molecule has 1 amide bonds. The Bertz CT molecular complexity index is 872. The van der Waals surface area contributed by atoms with E-state index in [-0.39, 0.29) is 11.6 Å². The van der Waals surface area contributed by atoms with E-state index in [0.29, 0.717) is 26.4 Å². The lowest BCUT2D eigenvalue weighted by atomic mass is 9.88. The molecule has 28 heavy (non-hydrogen) atoms. The molecule has 2 aromatic rings. The maximum Gasteiger partial charge on any atom is 0.410 e. The molecule has 3 aliphatic heterocycles. The third-order valence-corrected chi connectivity index (χ3v) is 5.80. The molecule has 2 fully saturated rings. The van der Waals surface area contributed by atoms with Crippen LogP contribution in [0.15, 0.2) is 48.5 Å². The molecule has 3 aliphatic rings. The normalized spacial score (nSPS) is 24.0.